The van der Waals surface area contributed by atoms with Gasteiger partial charge in [0.2, 0.25) is 0 Å². The van der Waals surface area contributed by atoms with Crippen molar-refractivity contribution in [1.29, 1.82) is 0 Å². The molecule has 90 valence electrons. The van der Waals surface area contributed by atoms with Crippen molar-refractivity contribution in [3.63, 3.8) is 0 Å². The first-order valence-corrected chi connectivity index (χ1v) is 6.14. The van der Waals surface area contributed by atoms with Crippen molar-refractivity contribution in [2.24, 2.45) is 0 Å². The molecule has 0 spiro atoms. The quantitative estimate of drug-likeness (QED) is 0.705. The van der Waals surface area contributed by atoms with Gasteiger partial charge in [-0.05, 0) is 49.4 Å². The average molecular weight is 221 g/mol. The molecule has 1 aliphatic heterocycles. The fourth-order valence-corrected chi connectivity index (χ4v) is 2.20. The summed E-state index contributed by atoms with van der Waals surface area (Å²) in [6.07, 6.45) is 1.07. The first-order chi connectivity index (χ1) is 7.59. The van der Waals surface area contributed by atoms with Crippen molar-refractivity contribution in [2.45, 2.75) is 53.6 Å². The van der Waals surface area contributed by atoms with Crippen LogP contribution in [0.3, 0.4) is 0 Å². The topological polar surface area (TPSA) is 32.3 Å². The van der Waals surface area contributed by atoms with Crippen molar-refractivity contribution in [3.05, 3.63) is 28.3 Å². The molecule has 0 bridgehead atoms. The Kier molecular flexibility index (Phi) is 4.36. The average Bonchev–Trinajstić information content (AvgIpc) is 2.28. The number of aryl methyl sites for hydroxylation is 1. The Morgan fingerprint density at radius 1 is 1.31 bits per heavy atom. The van der Waals surface area contributed by atoms with Crippen LogP contribution in [0.1, 0.15) is 43.0 Å². The second kappa shape index (κ2) is 5.35. The molecule has 2 rings (SSSR count). The Morgan fingerprint density at radius 3 is 2.56 bits per heavy atom. The summed E-state index contributed by atoms with van der Waals surface area (Å²) in [6.45, 7) is 11.0. The molecular weight excluding hydrogens is 198 g/mol. The van der Waals surface area contributed by atoms with Gasteiger partial charge in [-0.3, -0.25) is 0 Å². The SMILES string of the molecule is CC.Cc1cc2c(c(C)c1O)CNC(C)C2. The van der Waals surface area contributed by atoms with Gasteiger partial charge in [0.05, 0.1) is 0 Å². The number of hydrogen-bond acceptors (Lipinski definition) is 2. The highest BCUT2D eigenvalue weighted by Crippen LogP contribution is 2.30. The number of phenols is 1. The molecule has 2 heteroatoms. The minimum absolute atomic E-state index is 0.458. The molecule has 1 atom stereocenters. The van der Waals surface area contributed by atoms with Crippen LogP contribution < -0.4 is 5.32 Å². The molecule has 1 aromatic carbocycles. The van der Waals surface area contributed by atoms with Crippen molar-refractivity contribution in [3.8, 4) is 5.75 Å². The minimum atomic E-state index is 0.458. The monoisotopic (exact) mass is 221 g/mol. The molecule has 1 heterocycles. The third-order valence-corrected chi connectivity index (χ3v) is 3.11. The fourth-order valence-electron chi connectivity index (χ4n) is 2.20. The van der Waals surface area contributed by atoms with Gasteiger partial charge < -0.3 is 10.4 Å². The maximum atomic E-state index is 9.80. The molecule has 1 aromatic rings. The molecule has 0 fully saturated rings. The largest absolute Gasteiger partial charge is 0.507 e. The van der Waals surface area contributed by atoms with Gasteiger partial charge >= 0.3 is 0 Å². The van der Waals surface area contributed by atoms with Gasteiger partial charge in [-0.2, -0.15) is 0 Å². The third kappa shape index (κ3) is 2.38. The summed E-state index contributed by atoms with van der Waals surface area (Å²) in [5.74, 6) is 0.458. The van der Waals surface area contributed by atoms with Crippen molar-refractivity contribution in [1.82, 2.24) is 5.32 Å². The van der Waals surface area contributed by atoms with Crippen LogP contribution in [-0.2, 0) is 13.0 Å². The lowest BCUT2D eigenvalue weighted by molar-refractivity contribution is 0.458. The Balaban J connectivity index is 0.000000606. The summed E-state index contributed by atoms with van der Waals surface area (Å²) >= 11 is 0. The predicted molar refractivity (Wildman–Crippen MR) is 68.9 cm³/mol. The number of aromatic hydroxyl groups is 1. The van der Waals surface area contributed by atoms with Crippen LogP contribution in [0, 0.1) is 13.8 Å². The van der Waals surface area contributed by atoms with Crippen LogP contribution in [0.2, 0.25) is 0 Å². The number of benzene rings is 1. The molecular formula is C14H23NO. The van der Waals surface area contributed by atoms with E-state index in [-0.39, 0.29) is 0 Å². The Morgan fingerprint density at radius 2 is 1.94 bits per heavy atom. The van der Waals surface area contributed by atoms with E-state index in [4.69, 9.17) is 0 Å². The zero-order chi connectivity index (χ0) is 12.3. The molecule has 0 radical (unpaired) electrons. The van der Waals surface area contributed by atoms with Gasteiger partial charge in [0.15, 0.2) is 0 Å². The highest BCUT2D eigenvalue weighted by atomic mass is 16.3. The first kappa shape index (κ1) is 13.0. The Hall–Kier alpha value is -1.02. The smallest absolute Gasteiger partial charge is 0.121 e. The van der Waals surface area contributed by atoms with E-state index in [1.165, 1.54) is 11.1 Å². The van der Waals surface area contributed by atoms with E-state index in [1.807, 2.05) is 27.7 Å². The Bertz CT molecular complexity index is 371. The first-order valence-electron chi connectivity index (χ1n) is 6.14. The molecule has 0 amide bonds. The second-order valence-corrected chi connectivity index (χ2v) is 4.29. The van der Waals surface area contributed by atoms with E-state index >= 15 is 0 Å². The van der Waals surface area contributed by atoms with E-state index in [0.717, 1.165) is 24.1 Å². The van der Waals surface area contributed by atoms with E-state index in [1.54, 1.807) is 0 Å². The van der Waals surface area contributed by atoms with Crippen molar-refractivity contribution >= 4 is 0 Å². The van der Waals surface area contributed by atoms with Crippen molar-refractivity contribution in [2.75, 3.05) is 0 Å². The summed E-state index contributed by atoms with van der Waals surface area (Å²) in [5, 5.41) is 13.2. The zero-order valence-electron chi connectivity index (χ0n) is 11.0. The van der Waals surface area contributed by atoms with Gasteiger partial charge in [0, 0.05) is 12.6 Å². The fraction of sp³-hybridized carbons (Fsp3) is 0.571. The lowest BCUT2D eigenvalue weighted by Crippen LogP contribution is -2.33. The standard InChI is InChI=1S/C12H17NO.C2H6/c1-7-4-10-5-8(2)13-6-11(10)9(3)12(7)14;1-2/h4,8,13-14H,5-6H2,1-3H3;1-2H3. The molecule has 2 nitrogen and oxygen atoms in total. The number of phenolic OH excluding ortho intramolecular Hbond substituents is 1. The number of hydrogen-bond donors (Lipinski definition) is 2. The maximum Gasteiger partial charge on any atom is 0.121 e. The second-order valence-electron chi connectivity index (χ2n) is 4.29. The van der Waals surface area contributed by atoms with E-state index in [9.17, 15) is 5.11 Å². The van der Waals surface area contributed by atoms with E-state index in [2.05, 4.69) is 18.3 Å². The van der Waals surface area contributed by atoms with Crippen LogP contribution in [0.4, 0.5) is 0 Å². The minimum Gasteiger partial charge on any atom is -0.507 e. The summed E-state index contributed by atoms with van der Waals surface area (Å²) < 4.78 is 0. The molecule has 0 saturated carbocycles. The van der Waals surface area contributed by atoms with E-state index < -0.39 is 0 Å². The van der Waals surface area contributed by atoms with Gasteiger partial charge in [-0.15, -0.1) is 0 Å². The maximum absolute atomic E-state index is 9.80. The molecule has 2 N–H and O–H groups in total. The zero-order valence-corrected chi connectivity index (χ0v) is 11.0. The lowest BCUT2D eigenvalue weighted by Gasteiger charge is -2.25. The Labute approximate surface area is 98.7 Å². The van der Waals surface area contributed by atoms with Gasteiger partial charge in [-0.25, -0.2) is 0 Å². The lowest BCUT2D eigenvalue weighted by atomic mass is 9.90. The van der Waals surface area contributed by atoms with Gasteiger partial charge in [-0.1, -0.05) is 19.9 Å². The molecule has 0 saturated heterocycles. The van der Waals surface area contributed by atoms with Gasteiger partial charge in [0.25, 0.3) is 0 Å². The van der Waals surface area contributed by atoms with Crippen LogP contribution in [0.25, 0.3) is 0 Å². The predicted octanol–water partition coefficient (Wildman–Crippen LogP) is 3.07. The van der Waals surface area contributed by atoms with Crippen molar-refractivity contribution < 1.29 is 5.11 Å². The number of fused-ring (bicyclic) bond motifs is 1. The molecule has 16 heavy (non-hydrogen) atoms. The van der Waals surface area contributed by atoms with E-state index in [0.29, 0.717) is 11.8 Å². The van der Waals surface area contributed by atoms with Crippen LogP contribution in [0.15, 0.2) is 6.07 Å². The van der Waals surface area contributed by atoms with Crippen LogP contribution >= 0.6 is 0 Å². The van der Waals surface area contributed by atoms with Crippen LogP contribution in [-0.4, -0.2) is 11.1 Å². The van der Waals surface area contributed by atoms with Gasteiger partial charge in [0.1, 0.15) is 5.75 Å². The molecule has 0 aromatic heterocycles. The summed E-state index contributed by atoms with van der Waals surface area (Å²) in [6, 6.07) is 2.67. The summed E-state index contributed by atoms with van der Waals surface area (Å²) in [7, 11) is 0. The molecule has 1 aliphatic rings. The highest BCUT2D eigenvalue weighted by Gasteiger charge is 2.18. The molecule has 0 aliphatic carbocycles. The summed E-state index contributed by atoms with van der Waals surface area (Å²) in [4.78, 5) is 0. The normalized spacial score (nSPS) is 18.4. The third-order valence-electron chi connectivity index (χ3n) is 3.11. The summed E-state index contributed by atoms with van der Waals surface area (Å²) in [5.41, 5.74) is 4.71. The number of nitrogens with one attached hydrogen (secondary N) is 1. The number of rotatable bonds is 0. The molecule has 1 unspecified atom stereocenters. The van der Waals surface area contributed by atoms with Crippen LogP contribution in [0.5, 0.6) is 5.75 Å². The highest BCUT2D eigenvalue weighted by molar-refractivity contribution is 5.49.